The molecule has 0 aliphatic rings. The van der Waals surface area contributed by atoms with Gasteiger partial charge >= 0.3 is 5.97 Å². The molecule has 0 radical (unpaired) electrons. The van der Waals surface area contributed by atoms with Crippen molar-refractivity contribution in [1.82, 2.24) is 0 Å². The van der Waals surface area contributed by atoms with E-state index >= 15 is 0 Å². The van der Waals surface area contributed by atoms with E-state index < -0.39 is 18.0 Å². The summed E-state index contributed by atoms with van der Waals surface area (Å²) in [5, 5.41) is 17.8. The second-order valence-electron chi connectivity index (χ2n) is 3.76. The van der Waals surface area contributed by atoms with Crippen LogP contribution in [0.25, 0.3) is 0 Å². The first-order valence-corrected chi connectivity index (χ1v) is 5.14. The summed E-state index contributed by atoms with van der Waals surface area (Å²) in [5.41, 5.74) is 1.03. The number of hydrogen-bond acceptors (Lipinski definition) is 3. The number of aliphatic hydroxyl groups excluding tert-OH is 1. The normalized spacial score (nSPS) is 14.4. The first kappa shape index (κ1) is 12.7. The number of aliphatic carboxylic acids is 1. The maximum absolute atomic E-state index is 10.5. The zero-order valence-corrected chi connectivity index (χ0v) is 9.17. The minimum Gasteiger partial charge on any atom is -0.479 e. The van der Waals surface area contributed by atoms with Gasteiger partial charge in [-0.2, -0.15) is 0 Å². The Morgan fingerprint density at radius 3 is 2.56 bits per heavy atom. The first-order valence-electron chi connectivity index (χ1n) is 5.14. The Kier molecular flexibility index (Phi) is 4.95. The number of rotatable bonds is 6. The number of ether oxygens (including phenoxy) is 1. The van der Waals surface area contributed by atoms with E-state index in [9.17, 15) is 9.90 Å². The standard InChI is InChI=1S/C12H16O4/c1-9(11(13)12(14)15)7-16-8-10-5-3-2-4-6-10/h2-6,9,11,13H,7-8H2,1H3,(H,14,15). The molecule has 2 N–H and O–H groups in total. The highest BCUT2D eigenvalue weighted by Gasteiger charge is 2.21. The lowest BCUT2D eigenvalue weighted by Gasteiger charge is -2.14. The molecule has 0 aliphatic carbocycles. The van der Waals surface area contributed by atoms with Crippen molar-refractivity contribution in [2.45, 2.75) is 19.6 Å². The van der Waals surface area contributed by atoms with E-state index in [1.807, 2.05) is 30.3 Å². The second-order valence-corrected chi connectivity index (χ2v) is 3.76. The summed E-state index contributed by atoms with van der Waals surface area (Å²) in [5.74, 6) is -1.63. The van der Waals surface area contributed by atoms with Crippen LogP contribution in [0.1, 0.15) is 12.5 Å². The van der Waals surface area contributed by atoms with Crippen LogP contribution in [-0.2, 0) is 16.1 Å². The lowest BCUT2D eigenvalue weighted by molar-refractivity contribution is -0.150. The van der Waals surface area contributed by atoms with E-state index in [1.165, 1.54) is 0 Å². The summed E-state index contributed by atoms with van der Waals surface area (Å²) < 4.78 is 5.33. The van der Waals surface area contributed by atoms with Crippen molar-refractivity contribution in [3.05, 3.63) is 35.9 Å². The number of aliphatic hydroxyl groups is 1. The molecule has 0 spiro atoms. The third kappa shape index (κ3) is 4.00. The number of benzene rings is 1. The molecule has 0 saturated heterocycles. The average Bonchev–Trinajstić information content (AvgIpc) is 2.29. The van der Waals surface area contributed by atoms with Crippen LogP contribution in [0, 0.1) is 5.92 Å². The molecule has 2 unspecified atom stereocenters. The highest BCUT2D eigenvalue weighted by molar-refractivity contribution is 5.72. The maximum atomic E-state index is 10.5. The van der Waals surface area contributed by atoms with Gasteiger partial charge in [0.25, 0.3) is 0 Å². The molecular weight excluding hydrogens is 208 g/mol. The van der Waals surface area contributed by atoms with E-state index in [4.69, 9.17) is 9.84 Å². The lowest BCUT2D eigenvalue weighted by atomic mass is 10.1. The predicted molar refractivity (Wildman–Crippen MR) is 58.9 cm³/mol. The third-order valence-corrected chi connectivity index (χ3v) is 2.28. The largest absolute Gasteiger partial charge is 0.479 e. The van der Waals surface area contributed by atoms with Gasteiger partial charge in [-0.25, -0.2) is 4.79 Å². The molecule has 2 atom stereocenters. The highest BCUT2D eigenvalue weighted by atomic mass is 16.5. The zero-order chi connectivity index (χ0) is 12.0. The molecule has 4 heteroatoms. The van der Waals surface area contributed by atoms with Gasteiger partial charge in [0, 0.05) is 5.92 Å². The molecule has 1 aromatic rings. The molecule has 0 bridgehead atoms. The van der Waals surface area contributed by atoms with Gasteiger partial charge in [-0.1, -0.05) is 37.3 Å². The quantitative estimate of drug-likeness (QED) is 0.764. The van der Waals surface area contributed by atoms with Crippen LogP contribution in [0.2, 0.25) is 0 Å². The molecular formula is C12H16O4. The predicted octanol–water partition coefficient (Wildman–Crippen LogP) is 1.28. The smallest absolute Gasteiger partial charge is 0.332 e. The second kappa shape index (κ2) is 6.25. The number of carboxylic acids is 1. The summed E-state index contributed by atoms with van der Waals surface area (Å²) in [6.07, 6.45) is -1.37. The summed E-state index contributed by atoms with van der Waals surface area (Å²) in [6.45, 7) is 2.30. The Balaban J connectivity index is 2.28. The van der Waals surface area contributed by atoms with Crippen molar-refractivity contribution >= 4 is 5.97 Å². The van der Waals surface area contributed by atoms with Crippen molar-refractivity contribution in [1.29, 1.82) is 0 Å². The van der Waals surface area contributed by atoms with Crippen LogP contribution >= 0.6 is 0 Å². The van der Waals surface area contributed by atoms with Crippen molar-refractivity contribution in [3.8, 4) is 0 Å². The molecule has 0 aromatic heterocycles. The Morgan fingerprint density at radius 1 is 1.38 bits per heavy atom. The lowest BCUT2D eigenvalue weighted by Crippen LogP contribution is -2.30. The fourth-order valence-corrected chi connectivity index (χ4v) is 1.27. The van der Waals surface area contributed by atoms with E-state index in [0.717, 1.165) is 5.56 Å². The monoisotopic (exact) mass is 224 g/mol. The molecule has 16 heavy (non-hydrogen) atoms. The maximum Gasteiger partial charge on any atom is 0.332 e. The topological polar surface area (TPSA) is 66.8 Å². The zero-order valence-electron chi connectivity index (χ0n) is 9.17. The molecule has 0 amide bonds. The van der Waals surface area contributed by atoms with E-state index in [2.05, 4.69) is 0 Å². The van der Waals surface area contributed by atoms with Gasteiger partial charge in [0.1, 0.15) is 0 Å². The summed E-state index contributed by atoms with van der Waals surface area (Å²) in [7, 11) is 0. The molecule has 1 aromatic carbocycles. The minimum atomic E-state index is -1.37. The van der Waals surface area contributed by atoms with Crippen LogP contribution in [0.4, 0.5) is 0 Å². The number of carboxylic acid groups (broad SMARTS) is 1. The van der Waals surface area contributed by atoms with Gasteiger partial charge in [0.2, 0.25) is 0 Å². The van der Waals surface area contributed by atoms with Gasteiger partial charge in [0.15, 0.2) is 6.10 Å². The molecule has 0 aliphatic heterocycles. The van der Waals surface area contributed by atoms with E-state index in [-0.39, 0.29) is 6.61 Å². The Morgan fingerprint density at radius 2 is 2.00 bits per heavy atom. The average molecular weight is 224 g/mol. The van der Waals surface area contributed by atoms with Crippen LogP contribution in [0.15, 0.2) is 30.3 Å². The Bertz CT molecular complexity index is 323. The van der Waals surface area contributed by atoms with Gasteiger partial charge in [0.05, 0.1) is 13.2 Å². The SMILES string of the molecule is CC(COCc1ccccc1)C(O)C(=O)O. The van der Waals surface area contributed by atoms with Crippen LogP contribution in [-0.4, -0.2) is 28.9 Å². The van der Waals surface area contributed by atoms with Crippen LogP contribution < -0.4 is 0 Å². The minimum absolute atomic E-state index is 0.225. The summed E-state index contributed by atoms with van der Waals surface area (Å²) in [6, 6.07) is 9.60. The fraction of sp³-hybridized carbons (Fsp3) is 0.417. The van der Waals surface area contributed by atoms with Crippen molar-refractivity contribution in [2.75, 3.05) is 6.61 Å². The van der Waals surface area contributed by atoms with Crippen molar-refractivity contribution in [3.63, 3.8) is 0 Å². The van der Waals surface area contributed by atoms with Crippen molar-refractivity contribution in [2.24, 2.45) is 5.92 Å². The fourth-order valence-electron chi connectivity index (χ4n) is 1.27. The highest BCUT2D eigenvalue weighted by Crippen LogP contribution is 2.06. The number of carbonyl (C=O) groups is 1. The van der Waals surface area contributed by atoms with E-state index in [0.29, 0.717) is 6.61 Å². The molecule has 0 saturated carbocycles. The number of hydrogen-bond donors (Lipinski definition) is 2. The van der Waals surface area contributed by atoms with Crippen LogP contribution in [0.3, 0.4) is 0 Å². The molecule has 88 valence electrons. The van der Waals surface area contributed by atoms with Gasteiger partial charge in [-0.3, -0.25) is 0 Å². The van der Waals surface area contributed by atoms with E-state index in [1.54, 1.807) is 6.92 Å². The molecule has 1 rings (SSSR count). The Labute approximate surface area is 94.5 Å². The van der Waals surface area contributed by atoms with Gasteiger partial charge in [-0.05, 0) is 5.56 Å². The van der Waals surface area contributed by atoms with Gasteiger partial charge < -0.3 is 14.9 Å². The first-order chi connectivity index (χ1) is 7.61. The van der Waals surface area contributed by atoms with Crippen LogP contribution in [0.5, 0.6) is 0 Å². The molecule has 4 nitrogen and oxygen atoms in total. The third-order valence-electron chi connectivity index (χ3n) is 2.28. The summed E-state index contributed by atoms with van der Waals surface area (Å²) >= 11 is 0. The summed E-state index contributed by atoms with van der Waals surface area (Å²) in [4.78, 5) is 10.5. The van der Waals surface area contributed by atoms with Crippen molar-refractivity contribution < 1.29 is 19.7 Å². The molecule has 0 fully saturated rings. The van der Waals surface area contributed by atoms with Gasteiger partial charge in [-0.15, -0.1) is 0 Å². The Hall–Kier alpha value is -1.39. The molecule has 0 heterocycles.